The SMILES string of the molecule is Nc1cc(Nc2ccc3c(n2)CNC3=O)ncc1-c1nc(-c2ccncc2)no1. The predicted molar refractivity (Wildman–Crippen MR) is 104 cm³/mol. The monoisotopic (exact) mass is 386 g/mol. The minimum Gasteiger partial charge on any atom is -0.398 e. The number of fused-ring (bicyclic) bond motifs is 1. The summed E-state index contributed by atoms with van der Waals surface area (Å²) in [5, 5.41) is 9.79. The minimum absolute atomic E-state index is 0.114. The Balaban J connectivity index is 1.38. The summed E-state index contributed by atoms with van der Waals surface area (Å²) in [6, 6.07) is 8.67. The van der Waals surface area contributed by atoms with Crippen molar-refractivity contribution in [1.82, 2.24) is 30.4 Å². The lowest BCUT2D eigenvalue weighted by molar-refractivity contribution is 0.0966. The number of nitrogens with two attached hydrogens (primary N) is 1. The molecule has 29 heavy (non-hydrogen) atoms. The second-order valence-corrected chi connectivity index (χ2v) is 6.31. The van der Waals surface area contributed by atoms with Crippen LogP contribution in [0.2, 0.25) is 0 Å². The van der Waals surface area contributed by atoms with Gasteiger partial charge in [-0.15, -0.1) is 0 Å². The van der Waals surface area contributed by atoms with Crippen molar-refractivity contribution in [1.29, 1.82) is 0 Å². The van der Waals surface area contributed by atoms with Crippen LogP contribution in [0.4, 0.5) is 17.3 Å². The van der Waals surface area contributed by atoms with Crippen molar-refractivity contribution in [2.24, 2.45) is 0 Å². The summed E-state index contributed by atoms with van der Waals surface area (Å²) in [6.07, 6.45) is 4.86. The second kappa shape index (κ2) is 6.68. The summed E-state index contributed by atoms with van der Waals surface area (Å²) in [7, 11) is 0. The Bertz CT molecular complexity index is 1220. The van der Waals surface area contributed by atoms with Crippen LogP contribution in [-0.4, -0.2) is 31.0 Å². The zero-order chi connectivity index (χ0) is 19.8. The average molecular weight is 386 g/mol. The van der Waals surface area contributed by atoms with E-state index in [1.807, 2.05) is 0 Å². The standard InChI is InChI=1S/C19H14N8O2/c20-13-7-16(25-15-2-1-11-14(24-15)9-23-18(11)28)22-8-12(13)19-26-17(27-29-19)10-3-5-21-6-4-10/h1-8H,9H2,(H,23,28)(H3,20,22,24,25). The van der Waals surface area contributed by atoms with Gasteiger partial charge < -0.3 is 20.9 Å². The molecule has 0 atom stereocenters. The summed E-state index contributed by atoms with van der Waals surface area (Å²) in [5.41, 5.74) is 9.18. The highest BCUT2D eigenvalue weighted by Gasteiger charge is 2.20. The molecule has 0 aliphatic carbocycles. The number of rotatable bonds is 4. The van der Waals surface area contributed by atoms with Gasteiger partial charge in [0.05, 0.1) is 23.4 Å². The number of amides is 1. The fourth-order valence-electron chi connectivity index (χ4n) is 2.97. The van der Waals surface area contributed by atoms with E-state index in [0.29, 0.717) is 46.5 Å². The van der Waals surface area contributed by atoms with Crippen molar-refractivity contribution in [3.05, 3.63) is 60.2 Å². The van der Waals surface area contributed by atoms with Gasteiger partial charge in [-0.3, -0.25) is 9.78 Å². The lowest BCUT2D eigenvalue weighted by Gasteiger charge is -2.08. The Morgan fingerprint density at radius 2 is 1.93 bits per heavy atom. The number of nitrogen functional groups attached to an aromatic ring is 1. The number of pyridine rings is 3. The fraction of sp³-hybridized carbons (Fsp3) is 0.0526. The summed E-state index contributed by atoms with van der Waals surface area (Å²) in [6.45, 7) is 0.412. The van der Waals surface area contributed by atoms with Crippen molar-refractivity contribution in [3.63, 3.8) is 0 Å². The molecule has 0 saturated heterocycles. The molecule has 0 aromatic carbocycles. The van der Waals surface area contributed by atoms with Crippen LogP contribution in [0.15, 0.2) is 53.4 Å². The summed E-state index contributed by atoms with van der Waals surface area (Å²) < 4.78 is 5.33. The average Bonchev–Trinajstić information content (AvgIpc) is 3.36. The maximum absolute atomic E-state index is 11.6. The topological polar surface area (TPSA) is 145 Å². The molecule has 10 nitrogen and oxygen atoms in total. The molecule has 4 aromatic heterocycles. The van der Waals surface area contributed by atoms with Crippen LogP contribution in [-0.2, 0) is 6.54 Å². The van der Waals surface area contributed by atoms with Gasteiger partial charge in [-0.2, -0.15) is 4.98 Å². The van der Waals surface area contributed by atoms with E-state index < -0.39 is 0 Å². The van der Waals surface area contributed by atoms with Crippen LogP contribution < -0.4 is 16.4 Å². The maximum atomic E-state index is 11.6. The molecule has 4 N–H and O–H groups in total. The van der Waals surface area contributed by atoms with Crippen molar-refractivity contribution in [2.45, 2.75) is 6.54 Å². The highest BCUT2D eigenvalue weighted by atomic mass is 16.5. The third-order valence-corrected chi connectivity index (χ3v) is 4.42. The molecule has 1 amide bonds. The molecule has 0 radical (unpaired) electrons. The first-order chi connectivity index (χ1) is 14.2. The first-order valence-corrected chi connectivity index (χ1v) is 8.72. The van der Waals surface area contributed by atoms with Gasteiger partial charge in [0.15, 0.2) is 0 Å². The number of carbonyl (C=O) groups is 1. The van der Waals surface area contributed by atoms with Gasteiger partial charge in [0.1, 0.15) is 11.6 Å². The van der Waals surface area contributed by atoms with Gasteiger partial charge in [0, 0.05) is 35.9 Å². The minimum atomic E-state index is -0.114. The molecule has 142 valence electrons. The number of nitrogens with zero attached hydrogens (tertiary/aromatic N) is 5. The number of aromatic nitrogens is 5. The Morgan fingerprint density at radius 1 is 1.07 bits per heavy atom. The Labute approximate surface area is 164 Å². The van der Waals surface area contributed by atoms with Gasteiger partial charge in [0.2, 0.25) is 5.82 Å². The number of anilines is 3. The van der Waals surface area contributed by atoms with Crippen LogP contribution >= 0.6 is 0 Å². The van der Waals surface area contributed by atoms with Crippen molar-refractivity contribution in [2.75, 3.05) is 11.1 Å². The molecule has 5 rings (SSSR count). The maximum Gasteiger partial charge on any atom is 0.261 e. The summed E-state index contributed by atoms with van der Waals surface area (Å²) >= 11 is 0. The third kappa shape index (κ3) is 3.12. The summed E-state index contributed by atoms with van der Waals surface area (Å²) in [4.78, 5) is 28.7. The number of nitrogens with one attached hydrogen (secondary N) is 2. The smallest absolute Gasteiger partial charge is 0.261 e. The zero-order valence-corrected chi connectivity index (χ0v) is 15.0. The predicted octanol–water partition coefficient (Wildman–Crippen LogP) is 2.16. The molecule has 5 heterocycles. The van der Waals surface area contributed by atoms with Crippen LogP contribution in [0.1, 0.15) is 16.1 Å². The molecule has 0 fully saturated rings. The first kappa shape index (κ1) is 16.8. The lowest BCUT2D eigenvalue weighted by atomic mass is 10.2. The van der Waals surface area contributed by atoms with Crippen molar-refractivity contribution < 1.29 is 9.32 Å². The molecule has 0 spiro atoms. The van der Waals surface area contributed by atoms with E-state index in [-0.39, 0.29) is 11.8 Å². The number of carbonyl (C=O) groups excluding carboxylic acids is 1. The highest BCUT2D eigenvalue weighted by molar-refractivity contribution is 5.98. The summed E-state index contributed by atoms with van der Waals surface area (Å²) in [5.74, 6) is 1.67. The van der Waals surface area contributed by atoms with Gasteiger partial charge in [-0.25, -0.2) is 9.97 Å². The highest BCUT2D eigenvalue weighted by Crippen LogP contribution is 2.28. The molecule has 10 heteroatoms. The van der Waals surface area contributed by atoms with Gasteiger partial charge in [0.25, 0.3) is 11.8 Å². The molecule has 4 aromatic rings. The Kier molecular flexibility index (Phi) is 3.87. The van der Waals surface area contributed by atoms with E-state index in [4.69, 9.17) is 10.3 Å². The molecule has 0 bridgehead atoms. The van der Waals surface area contributed by atoms with E-state index >= 15 is 0 Å². The lowest BCUT2D eigenvalue weighted by Crippen LogP contribution is -2.12. The van der Waals surface area contributed by atoms with Gasteiger partial charge >= 0.3 is 0 Å². The van der Waals surface area contributed by atoms with Crippen LogP contribution in [0.3, 0.4) is 0 Å². The Hall–Kier alpha value is -4.34. The Morgan fingerprint density at radius 3 is 2.76 bits per heavy atom. The molecular formula is C19H14N8O2. The fourth-order valence-corrected chi connectivity index (χ4v) is 2.97. The quantitative estimate of drug-likeness (QED) is 0.480. The van der Waals surface area contributed by atoms with Gasteiger partial charge in [-0.05, 0) is 24.3 Å². The third-order valence-electron chi connectivity index (χ3n) is 4.42. The molecule has 0 unspecified atom stereocenters. The van der Waals surface area contributed by atoms with Crippen LogP contribution in [0.25, 0.3) is 22.8 Å². The van der Waals surface area contributed by atoms with Crippen LogP contribution in [0.5, 0.6) is 0 Å². The van der Waals surface area contributed by atoms with E-state index in [1.165, 1.54) is 0 Å². The molecule has 0 saturated carbocycles. The zero-order valence-electron chi connectivity index (χ0n) is 15.0. The van der Waals surface area contributed by atoms with Gasteiger partial charge in [-0.1, -0.05) is 5.16 Å². The van der Waals surface area contributed by atoms with Crippen LogP contribution in [0, 0.1) is 0 Å². The van der Waals surface area contributed by atoms with E-state index in [2.05, 4.69) is 35.7 Å². The van der Waals surface area contributed by atoms with Crippen molar-refractivity contribution >= 4 is 23.2 Å². The molecular weight excluding hydrogens is 372 g/mol. The molecule has 1 aliphatic heterocycles. The first-order valence-electron chi connectivity index (χ1n) is 8.72. The number of hydrogen-bond acceptors (Lipinski definition) is 9. The van der Waals surface area contributed by atoms with Crippen molar-refractivity contribution in [3.8, 4) is 22.8 Å². The van der Waals surface area contributed by atoms with E-state index in [1.54, 1.807) is 48.9 Å². The van der Waals surface area contributed by atoms with E-state index in [0.717, 1.165) is 5.56 Å². The second-order valence-electron chi connectivity index (χ2n) is 6.31. The largest absolute Gasteiger partial charge is 0.398 e. The normalized spacial score (nSPS) is 12.5. The van der Waals surface area contributed by atoms with E-state index in [9.17, 15) is 4.79 Å². The number of hydrogen-bond donors (Lipinski definition) is 3. The molecule has 1 aliphatic rings.